The van der Waals surface area contributed by atoms with Gasteiger partial charge in [0.25, 0.3) is 0 Å². The van der Waals surface area contributed by atoms with E-state index >= 15 is 0 Å². The van der Waals surface area contributed by atoms with Gasteiger partial charge in [0.05, 0.1) is 19.8 Å². The van der Waals surface area contributed by atoms with Crippen molar-refractivity contribution < 1.29 is 15.3 Å². The molecule has 0 saturated heterocycles. The summed E-state index contributed by atoms with van der Waals surface area (Å²) >= 11 is 0. The molecule has 0 amide bonds. The predicted octanol–water partition coefficient (Wildman–Crippen LogP) is -0.164. The number of hydrogen-bond acceptors (Lipinski definition) is 3. The second kappa shape index (κ2) is 6.09. The quantitative estimate of drug-likeness (QED) is 0.487. The maximum absolute atomic E-state index is 8.59. The number of rotatable bonds is 5. The van der Waals surface area contributed by atoms with Crippen LogP contribution in [0.2, 0.25) is 0 Å². The molecule has 0 unspecified atom stereocenters. The molecule has 0 atom stereocenters. The van der Waals surface area contributed by atoms with Gasteiger partial charge in [-0.05, 0) is 17.6 Å². The van der Waals surface area contributed by atoms with Crippen molar-refractivity contribution in [3.05, 3.63) is 23.8 Å². The van der Waals surface area contributed by atoms with Crippen LogP contribution in [0.15, 0.2) is 23.8 Å². The summed E-state index contributed by atoms with van der Waals surface area (Å²) in [5.41, 5.74) is 1.23. The van der Waals surface area contributed by atoms with E-state index in [4.69, 9.17) is 15.3 Å². The third-order valence-electron chi connectivity index (χ3n) is 1.31. The molecule has 0 aromatic carbocycles. The molecule has 0 spiro atoms. The normalized spacial score (nSPS) is 9.36. The maximum atomic E-state index is 8.59. The molecule has 0 aromatic rings. The van der Waals surface area contributed by atoms with Crippen molar-refractivity contribution in [1.29, 1.82) is 0 Å². The van der Waals surface area contributed by atoms with E-state index < -0.39 is 0 Å². The smallest absolute Gasteiger partial charge is 0.0663 e. The van der Waals surface area contributed by atoms with Crippen LogP contribution in [0.3, 0.4) is 0 Å². The first kappa shape index (κ1) is 10.4. The Morgan fingerprint density at radius 2 is 1.64 bits per heavy atom. The molecule has 0 heterocycles. The molecule has 0 fully saturated rings. The van der Waals surface area contributed by atoms with Gasteiger partial charge in [0.2, 0.25) is 0 Å². The van der Waals surface area contributed by atoms with E-state index in [1.165, 1.54) is 0 Å². The second-order valence-electron chi connectivity index (χ2n) is 2.29. The molecule has 3 nitrogen and oxygen atoms in total. The number of aliphatic hydroxyl groups excluding tert-OH is 3. The lowest BCUT2D eigenvalue weighted by atomic mass is 10.1. The summed E-state index contributed by atoms with van der Waals surface area (Å²) in [6.07, 6.45) is 2.17. The fourth-order valence-corrected chi connectivity index (χ4v) is 0.532. The van der Waals surface area contributed by atoms with Crippen LogP contribution in [0.4, 0.5) is 0 Å². The Labute approximate surface area is 66.3 Å². The standard InChI is InChI=1S/C8H14O3/c1-7(4-9)2-3-8(5-10)6-11/h3,9-11H,1-2,4-6H2. The van der Waals surface area contributed by atoms with E-state index in [0.717, 1.165) is 0 Å². The van der Waals surface area contributed by atoms with Crippen LogP contribution >= 0.6 is 0 Å². The largest absolute Gasteiger partial charge is 0.392 e. The maximum Gasteiger partial charge on any atom is 0.0663 e. The first-order valence-corrected chi connectivity index (χ1v) is 3.41. The minimum atomic E-state index is -0.144. The van der Waals surface area contributed by atoms with E-state index in [9.17, 15) is 0 Å². The molecule has 0 bridgehead atoms. The van der Waals surface area contributed by atoms with Gasteiger partial charge in [-0.1, -0.05) is 12.7 Å². The summed E-state index contributed by atoms with van der Waals surface area (Å²) in [5.74, 6) is 0. The zero-order valence-corrected chi connectivity index (χ0v) is 6.45. The van der Waals surface area contributed by atoms with Crippen molar-refractivity contribution in [3.8, 4) is 0 Å². The Hall–Kier alpha value is -0.640. The van der Waals surface area contributed by atoms with Crippen LogP contribution in [0.5, 0.6) is 0 Å². The Morgan fingerprint density at radius 1 is 1.09 bits per heavy atom. The highest BCUT2D eigenvalue weighted by molar-refractivity contribution is 5.09. The molecule has 3 N–H and O–H groups in total. The summed E-state index contributed by atoms with van der Waals surface area (Å²) in [4.78, 5) is 0. The van der Waals surface area contributed by atoms with Gasteiger partial charge in [0, 0.05) is 0 Å². The molecule has 3 heteroatoms. The summed E-state index contributed by atoms with van der Waals surface area (Å²) < 4.78 is 0. The molecule has 11 heavy (non-hydrogen) atoms. The topological polar surface area (TPSA) is 60.7 Å². The minimum absolute atomic E-state index is 0.0549. The van der Waals surface area contributed by atoms with Crippen LogP contribution in [-0.4, -0.2) is 35.1 Å². The van der Waals surface area contributed by atoms with Gasteiger partial charge in [-0.25, -0.2) is 0 Å². The number of allylic oxidation sites excluding steroid dienone is 1. The number of aliphatic hydroxyl groups is 3. The van der Waals surface area contributed by atoms with Crippen LogP contribution in [-0.2, 0) is 0 Å². The molecule has 0 aliphatic carbocycles. The predicted molar refractivity (Wildman–Crippen MR) is 43.1 cm³/mol. The zero-order chi connectivity index (χ0) is 8.69. The SMILES string of the molecule is C=C(CO)CC=C(CO)CO. The highest BCUT2D eigenvalue weighted by Crippen LogP contribution is 2.01. The van der Waals surface area contributed by atoms with Crippen LogP contribution in [0.1, 0.15) is 6.42 Å². The average Bonchev–Trinajstić information content (AvgIpc) is 2.06. The minimum Gasteiger partial charge on any atom is -0.392 e. The molecule has 0 aromatic heterocycles. The van der Waals surface area contributed by atoms with Gasteiger partial charge < -0.3 is 15.3 Å². The molecular weight excluding hydrogens is 144 g/mol. The summed E-state index contributed by atoms with van der Waals surface area (Å²) in [6, 6.07) is 0. The number of hydrogen-bond donors (Lipinski definition) is 3. The van der Waals surface area contributed by atoms with Crippen LogP contribution in [0, 0.1) is 0 Å². The summed E-state index contributed by atoms with van der Waals surface area (Å²) in [5, 5.41) is 25.7. The van der Waals surface area contributed by atoms with Gasteiger partial charge in [0.15, 0.2) is 0 Å². The van der Waals surface area contributed by atoms with E-state index in [-0.39, 0.29) is 19.8 Å². The van der Waals surface area contributed by atoms with E-state index in [1.54, 1.807) is 6.08 Å². The third kappa shape index (κ3) is 4.72. The fraction of sp³-hybridized carbons (Fsp3) is 0.500. The van der Waals surface area contributed by atoms with Gasteiger partial charge in [-0.3, -0.25) is 0 Å². The summed E-state index contributed by atoms with van der Waals surface area (Å²) in [7, 11) is 0. The van der Waals surface area contributed by atoms with Crippen molar-refractivity contribution in [2.24, 2.45) is 0 Å². The Balaban J connectivity index is 3.78. The zero-order valence-electron chi connectivity index (χ0n) is 6.45. The first-order chi connectivity index (χ1) is 5.24. The van der Waals surface area contributed by atoms with E-state index in [1.807, 2.05) is 0 Å². The fourth-order valence-electron chi connectivity index (χ4n) is 0.532. The van der Waals surface area contributed by atoms with Gasteiger partial charge in [0.1, 0.15) is 0 Å². The summed E-state index contributed by atoms with van der Waals surface area (Å²) in [6.45, 7) is 3.21. The van der Waals surface area contributed by atoms with Crippen LogP contribution < -0.4 is 0 Å². The lowest BCUT2D eigenvalue weighted by Crippen LogP contribution is -1.96. The van der Waals surface area contributed by atoms with Crippen molar-refractivity contribution in [2.45, 2.75) is 6.42 Å². The van der Waals surface area contributed by atoms with Gasteiger partial charge >= 0.3 is 0 Å². The first-order valence-electron chi connectivity index (χ1n) is 3.41. The van der Waals surface area contributed by atoms with E-state index in [0.29, 0.717) is 17.6 Å². The highest BCUT2D eigenvalue weighted by atomic mass is 16.3. The Kier molecular flexibility index (Phi) is 5.74. The highest BCUT2D eigenvalue weighted by Gasteiger charge is 1.92. The van der Waals surface area contributed by atoms with Crippen molar-refractivity contribution in [1.82, 2.24) is 0 Å². The molecule has 0 radical (unpaired) electrons. The van der Waals surface area contributed by atoms with Crippen molar-refractivity contribution in [3.63, 3.8) is 0 Å². The second-order valence-corrected chi connectivity index (χ2v) is 2.29. The third-order valence-corrected chi connectivity index (χ3v) is 1.31. The lowest BCUT2D eigenvalue weighted by Gasteiger charge is -1.99. The van der Waals surface area contributed by atoms with E-state index in [2.05, 4.69) is 6.58 Å². The van der Waals surface area contributed by atoms with Crippen molar-refractivity contribution in [2.75, 3.05) is 19.8 Å². The molecule has 64 valence electrons. The molecule has 0 aliphatic rings. The average molecular weight is 158 g/mol. The van der Waals surface area contributed by atoms with Crippen LogP contribution in [0.25, 0.3) is 0 Å². The van der Waals surface area contributed by atoms with Gasteiger partial charge in [-0.2, -0.15) is 0 Å². The monoisotopic (exact) mass is 158 g/mol. The molecule has 0 rings (SSSR count). The lowest BCUT2D eigenvalue weighted by molar-refractivity contribution is 0.275. The van der Waals surface area contributed by atoms with Gasteiger partial charge in [-0.15, -0.1) is 0 Å². The molecule has 0 saturated carbocycles. The molecular formula is C8H14O3. The van der Waals surface area contributed by atoms with Crippen molar-refractivity contribution >= 4 is 0 Å². The Morgan fingerprint density at radius 3 is 2.00 bits per heavy atom. The Bertz CT molecular complexity index is 143. The molecule has 0 aliphatic heterocycles.